The number of carbonyl (C=O) groups excluding carboxylic acids is 1. The topological polar surface area (TPSA) is 80.9 Å². The van der Waals surface area contributed by atoms with Gasteiger partial charge >= 0.3 is 0 Å². The van der Waals surface area contributed by atoms with E-state index in [9.17, 15) is 4.79 Å². The predicted molar refractivity (Wildman–Crippen MR) is 78.0 cm³/mol. The average Bonchev–Trinajstić information content (AvgIpc) is 2.34. The van der Waals surface area contributed by atoms with Crippen LogP contribution in [-0.4, -0.2) is 16.1 Å². The summed E-state index contributed by atoms with van der Waals surface area (Å²) in [5, 5.41) is 10.3. The number of rotatable bonds is 2. The van der Waals surface area contributed by atoms with E-state index in [1.165, 1.54) is 0 Å². The summed E-state index contributed by atoms with van der Waals surface area (Å²) in [6, 6.07) is 6.97. The standard InChI is InChI=1S/C13H13BrN4O/c1-7-5-9(14)6-8(2)12(7)16-13(19)10-3-4-11(15)18-17-10/h3-6H,1-2H3,(H2,15,18)(H,16,19). The quantitative estimate of drug-likeness (QED) is 0.891. The molecule has 3 N–H and O–H groups in total. The number of aromatic nitrogens is 2. The molecule has 0 unspecified atom stereocenters. The van der Waals surface area contributed by atoms with Gasteiger partial charge in [0.15, 0.2) is 5.69 Å². The first kappa shape index (κ1) is 13.5. The highest BCUT2D eigenvalue weighted by Crippen LogP contribution is 2.25. The predicted octanol–water partition coefficient (Wildman–Crippen LogP) is 2.69. The summed E-state index contributed by atoms with van der Waals surface area (Å²) >= 11 is 3.42. The van der Waals surface area contributed by atoms with E-state index in [2.05, 4.69) is 31.4 Å². The highest BCUT2D eigenvalue weighted by atomic mass is 79.9. The zero-order valence-corrected chi connectivity index (χ0v) is 12.2. The summed E-state index contributed by atoms with van der Waals surface area (Å²) < 4.78 is 0.979. The van der Waals surface area contributed by atoms with Crippen LogP contribution in [0, 0.1) is 13.8 Å². The van der Waals surface area contributed by atoms with Gasteiger partial charge in [0.2, 0.25) is 0 Å². The molecule has 1 amide bonds. The van der Waals surface area contributed by atoms with Crippen molar-refractivity contribution >= 4 is 33.3 Å². The number of carbonyl (C=O) groups is 1. The Bertz CT molecular complexity index is 602. The number of nitrogens with one attached hydrogen (secondary N) is 1. The Hall–Kier alpha value is -1.95. The summed E-state index contributed by atoms with van der Waals surface area (Å²) in [5.74, 6) is -0.0198. The van der Waals surface area contributed by atoms with Crippen LogP contribution in [0.3, 0.4) is 0 Å². The lowest BCUT2D eigenvalue weighted by atomic mass is 10.1. The van der Waals surface area contributed by atoms with Crippen molar-refractivity contribution in [1.82, 2.24) is 10.2 Å². The van der Waals surface area contributed by atoms with Gasteiger partial charge in [-0.15, -0.1) is 10.2 Å². The highest BCUT2D eigenvalue weighted by molar-refractivity contribution is 9.10. The molecule has 0 spiro atoms. The Morgan fingerprint density at radius 2 is 1.84 bits per heavy atom. The van der Waals surface area contributed by atoms with Gasteiger partial charge in [-0.1, -0.05) is 15.9 Å². The van der Waals surface area contributed by atoms with E-state index < -0.39 is 0 Å². The van der Waals surface area contributed by atoms with Gasteiger partial charge in [0, 0.05) is 10.2 Å². The third-order valence-corrected chi connectivity index (χ3v) is 3.11. The zero-order chi connectivity index (χ0) is 14.0. The fourth-order valence-corrected chi connectivity index (χ4v) is 2.44. The Labute approximate surface area is 119 Å². The molecule has 2 rings (SSSR count). The van der Waals surface area contributed by atoms with Gasteiger partial charge in [-0.3, -0.25) is 4.79 Å². The Balaban J connectivity index is 2.26. The van der Waals surface area contributed by atoms with Gasteiger partial charge in [0.25, 0.3) is 5.91 Å². The molecule has 6 heteroatoms. The van der Waals surface area contributed by atoms with Gasteiger partial charge < -0.3 is 11.1 Å². The molecule has 0 saturated heterocycles. The molecule has 0 aliphatic rings. The lowest BCUT2D eigenvalue weighted by Gasteiger charge is -2.11. The number of nitrogen functional groups attached to an aromatic ring is 1. The van der Waals surface area contributed by atoms with Gasteiger partial charge in [0.05, 0.1) is 0 Å². The molecule has 2 aromatic rings. The fourth-order valence-electron chi connectivity index (χ4n) is 1.75. The van der Waals surface area contributed by atoms with Crippen molar-refractivity contribution in [2.45, 2.75) is 13.8 Å². The van der Waals surface area contributed by atoms with Crippen LogP contribution in [0.15, 0.2) is 28.7 Å². The van der Waals surface area contributed by atoms with E-state index in [4.69, 9.17) is 5.73 Å². The maximum Gasteiger partial charge on any atom is 0.276 e. The maximum absolute atomic E-state index is 12.0. The van der Waals surface area contributed by atoms with Crippen LogP contribution in [0.25, 0.3) is 0 Å². The summed E-state index contributed by atoms with van der Waals surface area (Å²) in [4.78, 5) is 12.0. The highest BCUT2D eigenvalue weighted by Gasteiger charge is 2.12. The first-order valence-corrected chi connectivity index (χ1v) is 6.44. The summed E-state index contributed by atoms with van der Waals surface area (Å²) in [5.41, 5.74) is 8.40. The number of aryl methyl sites for hydroxylation is 2. The molecule has 0 aliphatic carbocycles. The number of nitrogens with two attached hydrogens (primary N) is 1. The number of halogens is 1. The summed E-state index contributed by atoms with van der Waals surface area (Å²) in [7, 11) is 0. The second-order valence-electron chi connectivity index (χ2n) is 4.21. The van der Waals surface area contributed by atoms with E-state index >= 15 is 0 Å². The zero-order valence-electron chi connectivity index (χ0n) is 10.6. The Morgan fingerprint density at radius 3 is 2.37 bits per heavy atom. The van der Waals surface area contributed by atoms with Crippen LogP contribution in [-0.2, 0) is 0 Å². The smallest absolute Gasteiger partial charge is 0.276 e. The number of benzene rings is 1. The van der Waals surface area contributed by atoms with Crippen molar-refractivity contribution in [2.24, 2.45) is 0 Å². The van der Waals surface area contributed by atoms with E-state index in [0.717, 1.165) is 21.3 Å². The van der Waals surface area contributed by atoms with Crippen LogP contribution in [0.1, 0.15) is 21.6 Å². The van der Waals surface area contributed by atoms with E-state index in [0.29, 0.717) is 0 Å². The number of hydrogen-bond acceptors (Lipinski definition) is 4. The molecule has 19 heavy (non-hydrogen) atoms. The molecule has 5 nitrogen and oxygen atoms in total. The fraction of sp³-hybridized carbons (Fsp3) is 0.154. The molecule has 0 aliphatic heterocycles. The van der Waals surface area contributed by atoms with Crippen LogP contribution in [0.2, 0.25) is 0 Å². The number of nitrogens with zero attached hydrogens (tertiary/aromatic N) is 2. The molecule has 0 fully saturated rings. The molecule has 1 heterocycles. The number of hydrogen-bond donors (Lipinski definition) is 2. The number of amides is 1. The van der Waals surface area contributed by atoms with Crippen molar-refractivity contribution in [1.29, 1.82) is 0 Å². The normalized spacial score (nSPS) is 10.3. The minimum Gasteiger partial charge on any atom is -0.382 e. The van der Waals surface area contributed by atoms with Crippen LogP contribution in [0.4, 0.5) is 11.5 Å². The van der Waals surface area contributed by atoms with Crippen LogP contribution >= 0.6 is 15.9 Å². The van der Waals surface area contributed by atoms with Gasteiger partial charge in [-0.25, -0.2) is 0 Å². The van der Waals surface area contributed by atoms with Crippen LogP contribution in [0.5, 0.6) is 0 Å². The number of anilines is 2. The minimum absolute atomic E-state index is 0.232. The van der Waals surface area contributed by atoms with E-state index in [-0.39, 0.29) is 17.4 Å². The average molecular weight is 321 g/mol. The van der Waals surface area contributed by atoms with Crippen molar-refractivity contribution < 1.29 is 4.79 Å². The molecule has 1 aromatic carbocycles. The van der Waals surface area contributed by atoms with Crippen molar-refractivity contribution in [3.05, 3.63) is 45.6 Å². The van der Waals surface area contributed by atoms with Crippen molar-refractivity contribution in [2.75, 3.05) is 11.1 Å². The monoisotopic (exact) mass is 320 g/mol. The van der Waals surface area contributed by atoms with Gasteiger partial charge in [-0.05, 0) is 49.2 Å². The summed E-state index contributed by atoms with van der Waals surface area (Å²) in [6.07, 6.45) is 0. The second kappa shape index (κ2) is 5.36. The largest absolute Gasteiger partial charge is 0.382 e. The third kappa shape index (κ3) is 3.08. The Kier molecular flexibility index (Phi) is 3.80. The molecule has 98 valence electrons. The second-order valence-corrected chi connectivity index (χ2v) is 5.13. The van der Waals surface area contributed by atoms with Crippen molar-refractivity contribution in [3.63, 3.8) is 0 Å². The van der Waals surface area contributed by atoms with Crippen molar-refractivity contribution in [3.8, 4) is 0 Å². The molecule has 1 aromatic heterocycles. The lowest BCUT2D eigenvalue weighted by Crippen LogP contribution is -2.16. The SMILES string of the molecule is Cc1cc(Br)cc(C)c1NC(=O)c1ccc(N)nn1. The maximum atomic E-state index is 12.0. The van der Waals surface area contributed by atoms with Gasteiger partial charge in [-0.2, -0.15) is 0 Å². The first-order valence-electron chi connectivity index (χ1n) is 5.64. The Morgan fingerprint density at radius 1 is 1.21 bits per heavy atom. The molecular formula is C13H13BrN4O. The third-order valence-electron chi connectivity index (χ3n) is 2.65. The summed E-state index contributed by atoms with van der Waals surface area (Å²) in [6.45, 7) is 3.87. The van der Waals surface area contributed by atoms with E-state index in [1.54, 1.807) is 12.1 Å². The molecule has 0 radical (unpaired) electrons. The molecular weight excluding hydrogens is 308 g/mol. The van der Waals surface area contributed by atoms with E-state index in [1.807, 2.05) is 26.0 Å². The first-order chi connectivity index (χ1) is 8.97. The minimum atomic E-state index is -0.305. The molecule has 0 bridgehead atoms. The van der Waals surface area contributed by atoms with Gasteiger partial charge in [0.1, 0.15) is 5.82 Å². The van der Waals surface area contributed by atoms with Crippen LogP contribution < -0.4 is 11.1 Å². The lowest BCUT2D eigenvalue weighted by molar-refractivity contribution is 0.102. The molecule has 0 atom stereocenters. The molecule has 0 saturated carbocycles.